The number of oxime groups is 1. The summed E-state index contributed by atoms with van der Waals surface area (Å²) in [5.74, 6) is 0.435. The first-order valence-electron chi connectivity index (χ1n) is 9.76. The summed E-state index contributed by atoms with van der Waals surface area (Å²) in [6.45, 7) is -0.209. The van der Waals surface area contributed by atoms with Crippen LogP contribution in [0.2, 0.25) is 0 Å². The third kappa shape index (κ3) is 4.54. The van der Waals surface area contributed by atoms with Gasteiger partial charge in [-0.3, -0.25) is 0 Å². The molecular formula is C20H24F3NO4. The second-order valence-electron chi connectivity index (χ2n) is 7.73. The molecule has 28 heavy (non-hydrogen) atoms. The second-order valence-corrected chi connectivity index (χ2v) is 7.73. The lowest BCUT2D eigenvalue weighted by Gasteiger charge is -2.24. The summed E-state index contributed by atoms with van der Waals surface area (Å²) >= 11 is 0. The molecule has 0 amide bonds. The van der Waals surface area contributed by atoms with Crippen molar-refractivity contribution in [2.75, 3.05) is 19.8 Å². The fourth-order valence-electron chi connectivity index (χ4n) is 3.90. The van der Waals surface area contributed by atoms with E-state index in [1.54, 1.807) is 12.1 Å². The SMILES string of the molecule is FC(F)(F)COc1ccc(C2=NOC3(CCOC3)C2)cc1OC1CCCCC1. The van der Waals surface area contributed by atoms with Crippen LogP contribution >= 0.6 is 0 Å². The normalized spacial score (nSPS) is 25.6. The van der Waals surface area contributed by atoms with Crippen molar-refractivity contribution in [1.29, 1.82) is 0 Å². The van der Waals surface area contributed by atoms with Crippen molar-refractivity contribution in [3.05, 3.63) is 23.8 Å². The monoisotopic (exact) mass is 399 g/mol. The van der Waals surface area contributed by atoms with Crippen molar-refractivity contribution in [2.24, 2.45) is 5.16 Å². The molecule has 1 unspecified atom stereocenters. The number of alkyl halides is 3. The van der Waals surface area contributed by atoms with E-state index in [1.165, 1.54) is 6.07 Å². The quantitative estimate of drug-likeness (QED) is 0.725. The molecular weight excluding hydrogens is 375 g/mol. The molecule has 0 aromatic heterocycles. The van der Waals surface area contributed by atoms with Crippen molar-refractivity contribution >= 4 is 5.71 Å². The lowest BCUT2D eigenvalue weighted by Crippen LogP contribution is -2.29. The van der Waals surface area contributed by atoms with Crippen molar-refractivity contribution in [2.45, 2.75) is 62.8 Å². The molecule has 4 rings (SSSR count). The maximum absolute atomic E-state index is 12.6. The van der Waals surface area contributed by atoms with Crippen LogP contribution < -0.4 is 9.47 Å². The third-order valence-corrected chi connectivity index (χ3v) is 5.42. The van der Waals surface area contributed by atoms with Gasteiger partial charge < -0.3 is 19.0 Å². The number of hydrogen-bond acceptors (Lipinski definition) is 5. The number of halogens is 3. The van der Waals surface area contributed by atoms with E-state index in [-0.39, 0.29) is 11.9 Å². The van der Waals surface area contributed by atoms with Gasteiger partial charge in [0.25, 0.3) is 0 Å². The molecule has 2 aliphatic heterocycles. The summed E-state index contributed by atoms with van der Waals surface area (Å²) in [5, 5.41) is 4.20. The molecule has 1 spiro atoms. The number of rotatable bonds is 5. The van der Waals surface area contributed by atoms with Gasteiger partial charge in [-0.15, -0.1) is 0 Å². The summed E-state index contributed by atoms with van der Waals surface area (Å²) < 4.78 is 54.3. The molecule has 1 atom stereocenters. The van der Waals surface area contributed by atoms with Crippen molar-refractivity contribution in [3.63, 3.8) is 0 Å². The average molecular weight is 399 g/mol. The lowest BCUT2D eigenvalue weighted by molar-refractivity contribution is -0.153. The molecule has 3 aliphatic rings. The van der Waals surface area contributed by atoms with Gasteiger partial charge in [0.15, 0.2) is 23.7 Å². The molecule has 5 nitrogen and oxygen atoms in total. The predicted molar refractivity (Wildman–Crippen MR) is 95.9 cm³/mol. The van der Waals surface area contributed by atoms with Crippen LogP contribution in [0.4, 0.5) is 13.2 Å². The Hall–Kier alpha value is -1.96. The first-order valence-corrected chi connectivity index (χ1v) is 9.76. The van der Waals surface area contributed by atoms with E-state index in [9.17, 15) is 13.2 Å². The topological polar surface area (TPSA) is 49.3 Å². The van der Waals surface area contributed by atoms with E-state index in [0.29, 0.717) is 25.4 Å². The zero-order chi connectivity index (χ0) is 19.6. The molecule has 1 aromatic carbocycles. The maximum Gasteiger partial charge on any atom is 0.422 e. The third-order valence-electron chi connectivity index (χ3n) is 5.42. The number of hydrogen-bond donors (Lipinski definition) is 0. The highest BCUT2D eigenvalue weighted by molar-refractivity contribution is 6.02. The van der Waals surface area contributed by atoms with Gasteiger partial charge in [-0.05, 0) is 43.9 Å². The minimum atomic E-state index is -4.40. The average Bonchev–Trinajstić information content (AvgIpc) is 3.31. The highest BCUT2D eigenvalue weighted by Gasteiger charge is 2.43. The van der Waals surface area contributed by atoms with Crippen LogP contribution in [0, 0.1) is 0 Å². The van der Waals surface area contributed by atoms with Crippen LogP contribution in [0.3, 0.4) is 0 Å². The van der Waals surface area contributed by atoms with Crippen LogP contribution in [0.1, 0.15) is 50.5 Å². The first kappa shape index (κ1) is 19.4. The predicted octanol–water partition coefficient (Wildman–Crippen LogP) is 4.62. The Kier molecular flexibility index (Phi) is 5.40. The Balaban J connectivity index is 1.53. The van der Waals surface area contributed by atoms with Crippen molar-refractivity contribution < 1.29 is 32.2 Å². The zero-order valence-electron chi connectivity index (χ0n) is 15.6. The number of ether oxygens (including phenoxy) is 3. The van der Waals surface area contributed by atoms with Crippen LogP contribution in [0.15, 0.2) is 23.4 Å². The molecule has 2 fully saturated rings. The molecule has 1 saturated heterocycles. The Labute approximate surface area is 161 Å². The number of benzene rings is 1. The van der Waals surface area contributed by atoms with Gasteiger partial charge in [0.05, 0.1) is 25.0 Å². The first-order chi connectivity index (χ1) is 13.4. The molecule has 154 valence electrons. The summed E-state index contributed by atoms with van der Waals surface area (Å²) in [7, 11) is 0. The zero-order valence-corrected chi connectivity index (χ0v) is 15.6. The van der Waals surface area contributed by atoms with Crippen molar-refractivity contribution in [3.8, 4) is 11.5 Å². The van der Waals surface area contributed by atoms with Crippen LogP contribution in [-0.4, -0.2) is 43.4 Å². The highest BCUT2D eigenvalue weighted by Crippen LogP contribution is 2.37. The second kappa shape index (κ2) is 7.81. The minimum absolute atomic E-state index is 0.00595. The van der Waals surface area contributed by atoms with E-state index in [0.717, 1.165) is 49.8 Å². The molecule has 1 saturated carbocycles. The van der Waals surface area contributed by atoms with Gasteiger partial charge >= 0.3 is 6.18 Å². The van der Waals surface area contributed by atoms with Crippen LogP contribution in [-0.2, 0) is 9.57 Å². The molecule has 0 radical (unpaired) electrons. The van der Waals surface area contributed by atoms with Gasteiger partial charge in [0.1, 0.15) is 0 Å². The van der Waals surface area contributed by atoms with E-state index >= 15 is 0 Å². The van der Waals surface area contributed by atoms with E-state index in [4.69, 9.17) is 19.0 Å². The molecule has 2 heterocycles. The van der Waals surface area contributed by atoms with E-state index in [2.05, 4.69) is 5.16 Å². The standard InChI is InChI=1S/C20H24F3NO4/c21-20(22,23)13-26-17-7-6-14(10-18(17)27-15-4-2-1-3-5-15)16-11-19(28-24-16)8-9-25-12-19/h6-7,10,15H,1-5,8-9,11-13H2. The van der Waals surface area contributed by atoms with Gasteiger partial charge in [0, 0.05) is 18.4 Å². The van der Waals surface area contributed by atoms with Gasteiger partial charge in [-0.25, -0.2) is 0 Å². The maximum atomic E-state index is 12.6. The van der Waals surface area contributed by atoms with Gasteiger partial charge in [-0.2, -0.15) is 13.2 Å². The summed E-state index contributed by atoms with van der Waals surface area (Å²) in [6.07, 6.45) is 2.05. The Morgan fingerprint density at radius 1 is 1.14 bits per heavy atom. The molecule has 0 N–H and O–H groups in total. The Morgan fingerprint density at radius 2 is 1.96 bits per heavy atom. The molecule has 1 aliphatic carbocycles. The summed E-state index contributed by atoms with van der Waals surface area (Å²) in [4.78, 5) is 5.62. The lowest BCUT2D eigenvalue weighted by atomic mass is 9.93. The molecule has 0 bridgehead atoms. The fraction of sp³-hybridized carbons (Fsp3) is 0.650. The van der Waals surface area contributed by atoms with Gasteiger partial charge in [0.2, 0.25) is 0 Å². The molecule has 1 aromatic rings. The van der Waals surface area contributed by atoms with E-state index < -0.39 is 18.4 Å². The van der Waals surface area contributed by atoms with Crippen molar-refractivity contribution in [1.82, 2.24) is 0 Å². The molecule has 8 heteroatoms. The van der Waals surface area contributed by atoms with Crippen LogP contribution in [0.5, 0.6) is 11.5 Å². The van der Waals surface area contributed by atoms with E-state index in [1.807, 2.05) is 0 Å². The minimum Gasteiger partial charge on any atom is -0.487 e. The Morgan fingerprint density at radius 3 is 2.68 bits per heavy atom. The van der Waals surface area contributed by atoms with Crippen LogP contribution in [0.25, 0.3) is 0 Å². The Bertz CT molecular complexity index is 723. The summed E-state index contributed by atoms with van der Waals surface area (Å²) in [5.41, 5.74) is 1.11. The summed E-state index contributed by atoms with van der Waals surface area (Å²) in [6, 6.07) is 4.95. The fourth-order valence-corrected chi connectivity index (χ4v) is 3.90. The smallest absolute Gasteiger partial charge is 0.422 e. The largest absolute Gasteiger partial charge is 0.487 e. The van der Waals surface area contributed by atoms with Gasteiger partial charge in [-0.1, -0.05) is 11.6 Å². The number of nitrogens with zero attached hydrogens (tertiary/aromatic N) is 1. The highest BCUT2D eigenvalue weighted by atomic mass is 19.4.